The van der Waals surface area contributed by atoms with Gasteiger partial charge in [0.2, 0.25) is 5.91 Å². The molecule has 12 nitrogen and oxygen atoms in total. The molecule has 5 rings (SSSR count). The topological polar surface area (TPSA) is 164 Å². The fourth-order valence-electron chi connectivity index (χ4n) is 4.02. The predicted octanol–water partition coefficient (Wildman–Crippen LogP) is 2.74. The van der Waals surface area contributed by atoms with E-state index in [1.54, 1.807) is 6.07 Å². The molecular formula is C24H15N7O5. The highest BCUT2D eigenvalue weighted by Gasteiger charge is 2.38. The molecule has 12 heteroatoms. The fraction of sp³-hybridized carbons (Fsp3) is 0.0833. The predicted molar refractivity (Wildman–Crippen MR) is 125 cm³/mol. The first-order valence-corrected chi connectivity index (χ1v) is 10.6. The maximum absolute atomic E-state index is 12.9. The van der Waals surface area contributed by atoms with E-state index < -0.39 is 29.2 Å². The average Bonchev–Trinajstić information content (AvgIpc) is 3.37. The molecule has 2 aromatic carbocycles. The molecule has 176 valence electrons. The van der Waals surface area contributed by atoms with Crippen LogP contribution in [-0.4, -0.2) is 48.9 Å². The van der Waals surface area contributed by atoms with Crippen LogP contribution in [0, 0.1) is 28.4 Å². The average molecular weight is 481 g/mol. The first-order chi connectivity index (χ1) is 17.3. The highest BCUT2D eigenvalue weighted by Crippen LogP contribution is 2.27. The summed E-state index contributed by atoms with van der Waals surface area (Å²) in [5.41, 5.74) is 1.12. The third kappa shape index (κ3) is 3.61. The zero-order chi connectivity index (χ0) is 25.6. The summed E-state index contributed by atoms with van der Waals surface area (Å²) < 4.78 is 1.29. The second kappa shape index (κ2) is 8.41. The van der Waals surface area contributed by atoms with Gasteiger partial charge in [-0.25, -0.2) is 4.98 Å². The number of imide groups is 1. The Morgan fingerprint density at radius 2 is 1.89 bits per heavy atom. The number of hydrogen-bond donors (Lipinski definition) is 1. The number of benzene rings is 2. The van der Waals surface area contributed by atoms with E-state index in [1.165, 1.54) is 16.9 Å². The maximum atomic E-state index is 12.9. The van der Waals surface area contributed by atoms with Crippen molar-refractivity contribution < 1.29 is 19.3 Å². The van der Waals surface area contributed by atoms with Crippen LogP contribution in [0.5, 0.6) is 0 Å². The van der Waals surface area contributed by atoms with Gasteiger partial charge in [-0.05, 0) is 30.7 Å². The van der Waals surface area contributed by atoms with Gasteiger partial charge in [0.1, 0.15) is 18.2 Å². The molecule has 0 saturated heterocycles. The molecule has 0 atom stereocenters. The highest BCUT2D eigenvalue weighted by atomic mass is 16.6. The van der Waals surface area contributed by atoms with Crippen LogP contribution in [0.25, 0.3) is 16.7 Å². The Balaban J connectivity index is 1.43. The normalized spacial score (nSPS) is 12.5. The van der Waals surface area contributed by atoms with Gasteiger partial charge in [0, 0.05) is 17.5 Å². The lowest BCUT2D eigenvalue weighted by Gasteiger charge is -2.15. The molecule has 0 fully saturated rings. The summed E-state index contributed by atoms with van der Waals surface area (Å²) in [6, 6.07) is 14.5. The second-order valence-corrected chi connectivity index (χ2v) is 7.98. The molecular weight excluding hydrogens is 466 g/mol. The number of aryl methyl sites for hydroxylation is 1. The summed E-state index contributed by atoms with van der Waals surface area (Å²) in [5.74, 6) is -1.96. The van der Waals surface area contributed by atoms with Gasteiger partial charge in [-0.15, -0.1) is 0 Å². The van der Waals surface area contributed by atoms with Crippen molar-refractivity contribution in [2.24, 2.45) is 0 Å². The van der Waals surface area contributed by atoms with E-state index in [9.17, 15) is 29.8 Å². The molecule has 0 unspecified atom stereocenters. The van der Waals surface area contributed by atoms with E-state index >= 15 is 0 Å². The number of rotatable bonds is 5. The number of hydrogen-bond acceptors (Lipinski definition) is 8. The molecule has 0 spiro atoms. The molecule has 0 aliphatic carbocycles. The van der Waals surface area contributed by atoms with E-state index in [0.717, 1.165) is 23.1 Å². The number of nitrogens with zero attached hydrogens (tertiary/aromatic N) is 6. The standard InChI is InChI=1S/C24H15N7O5/c1-13-8-20(27-19-5-3-2-4-16(13)19)30-22(14(10-25)11-26-30)28-21(32)12-29-23(33)17-7-6-15(31(35)36)9-18(17)24(29)34/h2-9,11H,12H2,1H3,(H,28,32). The van der Waals surface area contributed by atoms with Crippen LogP contribution in [0.15, 0.2) is 54.7 Å². The van der Waals surface area contributed by atoms with Crippen molar-refractivity contribution in [3.05, 3.63) is 87.1 Å². The zero-order valence-electron chi connectivity index (χ0n) is 18.6. The van der Waals surface area contributed by atoms with E-state index in [2.05, 4.69) is 15.4 Å². The number of nitro benzene ring substituents is 1. The number of nitriles is 1. The summed E-state index contributed by atoms with van der Waals surface area (Å²) in [7, 11) is 0. The van der Waals surface area contributed by atoms with Crippen molar-refractivity contribution in [1.29, 1.82) is 5.26 Å². The van der Waals surface area contributed by atoms with E-state index in [0.29, 0.717) is 16.2 Å². The van der Waals surface area contributed by atoms with Crippen molar-refractivity contribution in [3.8, 4) is 11.9 Å². The number of fused-ring (bicyclic) bond motifs is 2. The molecule has 1 aliphatic heterocycles. The highest BCUT2D eigenvalue weighted by molar-refractivity contribution is 6.23. The monoisotopic (exact) mass is 481 g/mol. The number of anilines is 1. The molecule has 3 heterocycles. The minimum absolute atomic E-state index is 0.0249. The van der Waals surface area contributed by atoms with Gasteiger partial charge in [-0.1, -0.05) is 18.2 Å². The SMILES string of the molecule is Cc1cc(-n2ncc(C#N)c2NC(=O)CN2C(=O)c3ccc([N+](=O)[O-])cc3C2=O)nc2ccccc12. The summed E-state index contributed by atoms with van der Waals surface area (Å²) in [6.45, 7) is 1.23. The number of non-ortho nitro benzene ring substituents is 1. The number of carbonyl (C=O) groups excluding carboxylic acids is 3. The van der Waals surface area contributed by atoms with Crippen molar-refractivity contribution >= 4 is 40.1 Å². The van der Waals surface area contributed by atoms with Crippen molar-refractivity contribution in [2.45, 2.75) is 6.92 Å². The summed E-state index contributed by atoms with van der Waals surface area (Å²) in [6.07, 6.45) is 1.27. The van der Waals surface area contributed by atoms with Crippen LogP contribution in [0.1, 0.15) is 31.8 Å². The number of carbonyl (C=O) groups is 3. The van der Waals surface area contributed by atoms with E-state index in [1.807, 2.05) is 37.3 Å². The molecule has 3 amide bonds. The number of nitro groups is 1. The lowest BCUT2D eigenvalue weighted by atomic mass is 10.1. The Morgan fingerprint density at radius 3 is 2.64 bits per heavy atom. The van der Waals surface area contributed by atoms with E-state index in [4.69, 9.17) is 0 Å². The molecule has 36 heavy (non-hydrogen) atoms. The fourth-order valence-corrected chi connectivity index (χ4v) is 4.02. The Kier molecular flexibility index (Phi) is 5.22. The van der Waals surface area contributed by atoms with Crippen LogP contribution in [-0.2, 0) is 4.79 Å². The summed E-state index contributed by atoms with van der Waals surface area (Å²) >= 11 is 0. The number of nitrogens with one attached hydrogen (secondary N) is 1. The number of aromatic nitrogens is 3. The minimum atomic E-state index is -0.824. The van der Waals surface area contributed by atoms with Crippen LogP contribution < -0.4 is 5.32 Å². The smallest absolute Gasteiger partial charge is 0.270 e. The number of pyridine rings is 1. The first kappa shape index (κ1) is 22.4. The summed E-state index contributed by atoms with van der Waals surface area (Å²) in [4.78, 5) is 53.9. The van der Waals surface area contributed by atoms with Crippen LogP contribution >= 0.6 is 0 Å². The molecule has 1 N–H and O–H groups in total. The quantitative estimate of drug-likeness (QED) is 0.258. The number of amides is 3. The van der Waals surface area contributed by atoms with Crippen molar-refractivity contribution in [2.75, 3.05) is 11.9 Å². The molecule has 0 radical (unpaired) electrons. The van der Waals surface area contributed by atoms with Crippen LogP contribution in [0.4, 0.5) is 11.5 Å². The third-order valence-corrected chi connectivity index (χ3v) is 5.74. The largest absolute Gasteiger partial charge is 0.308 e. The molecule has 4 aromatic rings. The van der Waals surface area contributed by atoms with Crippen molar-refractivity contribution in [1.82, 2.24) is 19.7 Å². The Labute approximate surface area is 202 Å². The molecule has 2 aromatic heterocycles. The molecule has 1 aliphatic rings. The first-order valence-electron chi connectivity index (χ1n) is 10.6. The Hall–Kier alpha value is -5.44. The lowest BCUT2D eigenvalue weighted by Crippen LogP contribution is -2.37. The zero-order valence-corrected chi connectivity index (χ0v) is 18.6. The number of para-hydroxylation sites is 1. The Bertz CT molecular complexity index is 1670. The minimum Gasteiger partial charge on any atom is -0.308 e. The lowest BCUT2D eigenvalue weighted by molar-refractivity contribution is -0.384. The summed E-state index contributed by atoms with van der Waals surface area (Å²) in [5, 5.41) is 28.2. The maximum Gasteiger partial charge on any atom is 0.270 e. The van der Waals surface area contributed by atoms with Gasteiger partial charge >= 0.3 is 0 Å². The molecule has 0 bridgehead atoms. The third-order valence-electron chi connectivity index (χ3n) is 5.74. The van der Waals surface area contributed by atoms with Gasteiger partial charge in [-0.3, -0.25) is 29.4 Å². The van der Waals surface area contributed by atoms with Gasteiger partial charge in [0.25, 0.3) is 17.5 Å². The van der Waals surface area contributed by atoms with E-state index in [-0.39, 0.29) is 28.2 Å². The molecule has 0 saturated carbocycles. The second-order valence-electron chi connectivity index (χ2n) is 7.98. The van der Waals surface area contributed by atoms with Crippen LogP contribution in [0.2, 0.25) is 0 Å². The van der Waals surface area contributed by atoms with Gasteiger partial charge < -0.3 is 5.32 Å². The van der Waals surface area contributed by atoms with Gasteiger partial charge in [0.05, 0.1) is 27.8 Å². The van der Waals surface area contributed by atoms with Gasteiger partial charge in [0.15, 0.2) is 11.6 Å². The Morgan fingerprint density at radius 1 is 1.14 bits per heavy atom. The van der Waals surface area contributed by atoms with Crippen LogP contribution in [0.3, 0.4) is 0 Å². The van der Waals surface area contributed by atoms with Gasteiger partial charge in [-0.2, -0.15) is 15.0 Å². The van der Waals surface area contributed by atoms with Crippen molar-refractivity contribution in [3.63, 3.8) is 0 Å².